The van der Waals surface area contributed by atoms with Gasteiger partial charge in [-0.1, -0.05) is 37.3 Å². The third-order valence-electron chi connectivity index (χ3n) is 3.41. The molecule has 21 heavy (non-hydrogen) atoms. The number of anilines is 1. The topological polar surface area (TPSA) is 46.9 Å². The molecule has 1 amide bonds. The average molecular weight is 279 g/mol. The number of aryl methyl sites for hydroxylation is 1. The number of carbonyl (C=O) groups is 1. The molecule has 0 bridgehead atoms. The van der Waals surface area contributed by atoms with Crippen molar-refractivity contribution in [3.05, 3.63) is 60.4 Å². The Kier molecular flexibility index (Phi) is 3.69. The third-order valence-corrected chi connectivity index (χ3v) is 3.41. The summed E-state index contributed by atoms with van der Waals surface area (Å²) in [5, 5.41) is 2.91. The van der Waals surface area contributed by atoms with Crippen LogP contribution in [0.1, 0.15) is 12.7 Å². The lowest BCUT2D eigenvalue weighted by Crippen LogP contribution is -2.20. The molecule has 0 fully saturated rings. The largest absolute Gasteiger partial charge is 0.325 e. The number of amides is 1. The van der Waals surface area contributed by atoms with E-state index in [-0.39, 0.29) is 12.5 Å². The first-order valence-electron chi connectivity index (χ1n) is 7.07. The van der Waals surface area contributed by atoms with Gasteiger partial charge in [0.2, 0.25) is 5.91 Å². The summed E-state index contributed by atoms with van der Waals surface area (Å²) in [7, 11) is 0. The number of hydrogen-bond acceptors (Lipinski definition) is 2. The molecule has 2 aromatic carbocycles. The van der Waals surface area contributed by atoms with E-state index in [0.29, 0.717) is 0 Å². The standard InChI is InChI=1S/C17H17N3O/c1-2-16-19-14-10-6-7-11-15(14)20(16)12-17(21)18-13-8-4-3-5-9-13/h3-11H,2,12H2,1H3,(H,18,21). The number of benzene rings is 2. The number of para-hydroxylation sites is 3. The molecule has 3 rings (SSSR count). The molecule has 4 nitrogen and oxygen atoms in total. The smallest absolute Gasteiger partial charge is 0.244 e. The van der Waals surface area contributed by atoms with Gasteiger partial charge in [-0.15, -0.1) is 0 Å². The second-order valence-corrected chi connectivity index (χ2v) is 4.87. The molecule has 1 aromatic heterocycles. The molecule has 0 saturated heterocycles. The zero-order chi connectivity index (χ0) is 14.7. The summed E-state index contributed by atoms with van der Waals surface area (Å²) in [6, 6.07) is 17.4. The number of fused-ring (bicyclic) bond motifs is 1. The highest BCUT2D eigenvalue weighted by atomic mass is 16.1. The van der Waals surface area contributed by atoms with E-state index in [0.717, 1.165) is 29.0 Å². The molecule has 3 aromatic rings. The van der Waals surface area contributed by atoms with Crippen LogP contribution in [0.25, 0.3) is 11.0 Å². The molecule has 1 heterocycles. The van der Waals surface area contributed by atoms with Gasteiger partial charge in [-0.2, -0.15) is 0 Å². The molecule has 4 heteroatoms. The van der Waals surface area contributed by atoms with Gasteiger partial charge in [-0.25, -0.2) is 4.98 Å². The zero-order valence-corrected chi connectivity index (χ0v) is 11.9. The molecular formula is C17H17N3O. The summed E-state index contributed by atoms with van der Waals surface area (Å²) in [5.41, 5.74) is 2.74. The summed E-state index contributed by atoms with van der Waals surface area (Å²) in [4.78, 5) is 16.8. The third kappa shape index (κ3) is 2.79. The predicted octanol–water partition coefficient (Wildman–Crippen LogP) is 3.24. The Hall–Kier alpha value is -2.62. The fourth-order valence-electron chi connectivity index (χ4n) is 2.44. The van der Waals surface area contributed by atoms with Crippen molar-refractivity contribution >= 4 is 22.6 Å². The van der Waals surface area contributed by atoms with E-state index >= 15 is 0 Å². The lowest BCUT2D eigenvalue weighted by molar-refractivity contribution is -0.116. The fraction of sp³-hybridized carbons (Fsp3) is 0.176. The summed E-state index contributed by atoms with van der Waals surface area (Å²) in [5.74, 6) is 0.887. The van der Waals surface area contributed by atoms with Crippen molar-refractivity contribution in [2.24, 2.45) is 0 Å². The predicted molar refractivity (Wildman–Crippen MR) is 84.2 cm³/mol. The fourth-order valence-corrected chi connectivity index (χ4v) is 2.44. The highest BCUT2D eigenvalue weighted by molar-refractivity contribution is 5.91. The van der Waals surface area contributed by atoms with Crippen molar-refractivity contribution in [2.45, 2.75) is 19.9 Å². The first-order chi connectivity index (χ1) is 10.3. The van der Waals surface area contributed by atoms with E-state index in [1.807, 2.05) is 66.1 Å². The van der Waals surface area contributed by atoms with Gasteiger partial charge in [0.15, 0.2) is 0 Å². The summed E-state index contributed by atoms with van der Waals surface area (Å²) >= 11 is 0. The van der Waals surface area contributed by atoms with Crippen LogP contribution < -0.4 is 5.32 Å². The van der Waals surface area contributed by atoms with Gasteiger partial charge >= 0.3 is 0 Å². The number of nitrogens with zero attached hydrogens (tertiary/aromatic N) is 2. The average Bonchev–Trinajstić information content (AvgIpc) is 2.86. The molecule has 0 atom stereocenters. The van der Waals surface area contributed by atoms with Crippen molar-refractivity contribution in [2.75, 3.05) is 5.32 Å². The number of hydrogen-bond donors (Lipinski definition) is 1. The lowest BCUT2D eigenvalue weighted by Gasteiger charge is -2.09. The summed E-state index contributed by atoms with van der Waals surface area (Å²) < 4.78 is 1.98. The molecule has 0 aliphatic rings. The van der Waals surface area contributed by atoms with Crippen molar-refractivity contribution in [3.8, 4) is 0 Å². The van der Waals surface area contributed by atoms with Gasteiger partial charge in [0.05, 0.1) is 11.0 Å². The number of imidazole rings is 1. The van der Waals surface area contributed by atoms with E-state index in [4.69, 9.17) is 0 Å². The lowest BCUT2D eigenvalue weighted by atomic mass is 10.3. The molecule has 1 N–H and O–H groups in total. The van der Waals surface area contributed by atoms with Gasteiger partial charge < -0.3 is 9.88 Å². The maximum absolute atomic E-state index is 12.2. The number of rotatable bonds is 4. The quantitative estimate of drug-likeness (QED) is 0.797. The van der Waals surface area contributed by atoms with E-state index < -0.39 is 0 Å². The molecule has 0 radical (unpaired) electrons. The molecule has 0 aliphatic carbocycles. The van der Waals surface area contributed by atoms with E-state index in [1.54, 1.807) is 0 Å². The molecule has 0 spiro atoms. The van der Waals surface area contributed by atoms with Gasteiger partial charge in [0, 0.05) is 12.1 Å². The number of nitrogens with one attached hydrogen (secondary N) is 1. The Bertz CT molecular complexity index is 762. The number of carbonyl (C=O) groups excluding carboxylic acids is 1. The van der Waals surface area contributed by atoms with Crippen molar-refractivity contribution in [3.63, 3.8) is 0 Å². The zero-order valence-electron chi connectivity index (χ0n) is 11.9. The number of aromatic nitrogens is 2. The van der Waals surface area contributed by atoms with Gasteiger partial charge in [-0.3, -0.25) is 4.79 Å². The van der Waals surface area contributed by atoms with Crippen LogP contribution in [0.15, 0.2) is 54.6 Å². The molecule has 0 saturated carbocycles. The van der Waals surface area contributed by atoms with E-state index in [9.17, 15) is 4.79 Å². The van der Waals surface area contributed by atoms with Crippen molar-refractivity contribution in [1.82, 2.24) is 9.55 Å². The van der Waals surface area contributed by atoms with Crippen LogP contribution in [0, 0.1) is 0 Å². The molecule has 0 unspecified atom stereocenters. The van der Waals surface area contributed by atoms with Crippen LogP contribution in [0.2, 0.25) is 0 Å². The summed E-state index contributed by atoms with van der Waals surface area (Å²) in [6.45, 7) is 2.32. The van der Waals surface area contributed by atoms with Crippen LogP contribution in [-0.2, 0) is 17.8 Å². The first kappa shape index (κ1) is 13.4. The minimum absolute atomic E-state index is 0.0425. The van der Waals surface area contributed by atoms with Crippen molar-refractivity contribution < 1.29 is 4.79 Å². The Morgan fingerprint density at radius 1 is 1.10 bits per heavy atom. The van der Waals surface area contributed by atoms with Crippen LogP contribution in [0.4, 0.5) is 5.69 Å². The monoisotopic (exact) mass is 279 g/mol. The molecule has 0 aliphatic heterocycles. The first-order valence-corrected chi connectivity index (χ1v) is 7.07. The Morgan fingerprint density at radius 3 is 2.57 bits per heavy atom. The Labute approximate surface area is 123 Å². The Balaban J connectivity index is 1.85. The maximum Gasteiger partial charge on any atom is 0.244 e. The minimum atomic E-state index is -0.0425. The summed E-state index contributed by atoms with van der Waals surface area (Å²) in [6.07, 6.45) is 0.799. The normalized spacial score (nSPS) is 10.7. The Morgan fingerprint density at radius 2 is 1.81 bits per heavy atom. The van der Waals surface area contributed by atoms with E-state index in [1.165, 1.54) is 0 Å². The van der Waals surface area contributed by atoms with Crippen molar-refractivity contribution in [1.29, 1.82) is 0 Å². The van der Waals surface area contributed by atoms with Crippen LogP contribution in [0.3, 0.4) is 0 Å². The van der Waals surface area contributed by atoms with Crippen LogP contribution in [-0.4, -0.2) is 15.5 Å². The van der Waals surface area contributed by atoms with Crippen LogP contribution >= 0.6 is 0 Å². The molecule has 106 valence electrons. The van der Waals surface area contributed by atoms with Gasteiger partial charge in [-0.05, 0) is 24.3 Å². The second-order valence-electron chi connectivity index (χ2n) is 4.87. The molecular weight excluding hydrogens is 262 g/mol. The van der Waals surface area contributed by atoms with Gasteiger partial charge in [0.25, 0.3) is 0 Å². The van der Waals surface area contributed by atoms with E-state index in [2.05, 4.69) is 10.3 Å². The highest BCUT2D eigenvalue weighted by Gasteiger charge is 2.12. The highest BCUT2D eigenvalue weighted by Crippen LogP contribution is 2.16. The van der Waals surface area contributed by atoms with Gasteiger partial charge in [0.1, 0.15) is 12.4 Å². The SMILES string of the molecule is CCc1nc2ccccc2n1CC(=O)Nc1ccccc1. The van der Waals surface area contributed by atoms with Crippen LogP contribution in [0.5, 0.6) is 0 Å². The second kappa shape index (κ2) is 5.79. The minimum Gasteiger partial charge on any atom is -0.325 e. The maximum atomic E-state index is 12.2.